The van der Waals surface area contributed by atoms with Crippen LogP contribution < -0.4 is 0 Å². The summed E-state index contributed by atoms with van der Waals surface area (Å²) < 4.78 is 11.1. The maximum atomic E-state index is 11.5. The van der Waals surface area contributed by atoms with Gasteiger partial charge in [0.15, 0.2) is 6.10 Å². The number of ether oxygens (including phenoxy) is 2. The van der Waals surface area contributed by atoms with E-state index in [2.05, 4.69) is 6.92 Å². The highest BCUT2D eigenvalue weighted by Crippen LogP contribution is 2.18. The molecule has 182 valence electrons. The summed E-state index contributed by atoms with van der Waals surface area (Å²) in [4.78, 5) is 23.0. The molecule has 2 unspecified atom stereocenters. The van der Waals surface area contributed by atoms with Gasteiger partial charge in [-0.2, -0.15) is 0 Å². The lowest BCUT2D eigenvalue weighted by atomic mass is 10.0. The summed E-state index contributed by atoms with van der Waals surface area (Å²) in [5.74, 6) is -1.21. The quantitative estimate of drug-likeness (QED) is 0.171. The van der Waals surface area contributed by atoms with Gasteiger partial charge >= 0.3 is 11.9 Å². The van der Waals surface area contributed by atoms with Crippen molar-refractivity contribution in [2.75, 3.05) is 0 Å². The molecule has 0 aliphatic rings. The number of carboxylic acids is 1. The van der Waals surface area contributed by atoms with E-state index in [0.29, 0.717) is 19.3 Å². The molecule has 0 saturated heterocycles. The number of hydrogen-bond acceptors (Lipinski definition) is 4. The summed E-state index contributed by atoms with van der Waals surface area (Å²) in [5.41, 5.74) is 0.956. The fourth-order valence-corrected chi connectivity index (χ4v) is 3.94. The molecule has 1 rings (SSSR count). The van der Waals surface area contributed by atoms with E-state index in [1.54, 1.807) is 0 Å². The molecule has 0 spiro atoms. The summed E-state index contributed by atoms with van der Waals surface area (Å²) in [6, 6.07) is 9.57. The number of carboxylic acid groups (broad SMARTS) is 1. The summed E-state index contributed by atoms with van der Waals surface area (Å²) in [6.07, 6.45) is 14.3. The molecule has 5 nitrogen and oxygen atoms in total. The smallest absolute Gasteiger partial charge is 0.332 e. The Labute approximate surface area is 194 Å². The van der Waals surface area contributed by atoms with E-state index in [4.69, 9.17) is 9.47 Å². The van der Waals surface area contributed by atoms with Gasteiger partial charge in [-0.25, -0.2) is 4.79 Å². The molecule has 0 heterocycles. The van der Waals surface area contributed by atoms with Crippen molar-refractivity contribution in [1.82, 2.24) is 0 Å². The first-order valence-corrected chi connectivity index (χ1v) is 12.6. The molecule has 5 heteroatoms. The van der Waals surface area contributed by atoms with Crippen LogP contribution in [0.2, 0.25) is 0 Å². The second-order valence-corrected chi connectivity index (χ2v) is 8.76. The number of unbranched alkanes of at least 4 members (excludes halogenated alkanes) is 9. The molecule has 1 N–H and O–H groups in total. The van der Waals surface area contributed by atoms with Crippen molar-refractivity contribution in [3.8, 4) is 0 Å². The molecule has 0 bridgehead atoms. The fraction of sp³-hybridized carbons (Fsp3) is 0.704. The lowest BCUT2D eigenvalue weighted by Crippen LogP contribution is -2.25. The number of carbonyl (C=O) groups excluding carboxylic acids is 1. The number of esters is 1. The zero-order chi connectivity index (χ0) is 23.4. The van der Waals surface area contributed by atoms with Gasteiger partial charge in [0.05, 0.1) is 6.61 Å². The standard InChI is InChI=1S/C27H44O5/c1-3-4-5-6-7-8-9-10-11-15-19-25(32-23(2)28)20-16-21-26(27(29)30)31-22-24-17-13-12-14-18-24/h12-14,17-18,25-26H,3-11,15-16,19-22H2,1-2H3,(H,29,30). The third-order valence-corrected chi connectivity index (χ3v) is 5.77. The minimum absolute atomic E-state index is 0.134. The van der Waals surface area contributed by atoms with Crippen LogP contribution in [0.3, 0.4) is 0 Å². The average Bonchev–Trinajstić information content (AvgIpc) is 2.77. The predicted octanol–water partition coefficient (Wildman–Crippen LogP) is 7.07. The highest BCUT2D eigenvalue weighted by molar-refractivity contribution is 5.72. The monoisotopic (exact) mass is 448 g/mol. The van der Waals surface area contributed by atoms with Gasteiger partial charge in [-0.15, -0.1) is 0 Å². The Morgan fingerprint density at radius 2 is 1.38 bits per heavy atom. The van der Waals surface area contributed by atoms with Crippen molar-refractivity contribution < 1.29 is 24.2 Å². The number of rotatable bonds is 20. The van der Waals surface area contributed by atoms with Crippen molar-refractivity contribution in [1.29, 1.82) is 0 Å². The molecule has 1 aromatic carbocycles. The maximum Gasteiger partial charge on any atom is 0.332 e. The van der Waals surface area contributed by atoms with E-state index in [1.807, 2.05) is 30.3 Å². The van der Waals surface area contributed by atoms with Crippen LogP contribution in [-0.4, -0.2) is 29.3 Å². The number of carbonyl (C=O) groups is 2. The molecule has 0 radical (unpaired) electrons. The Morgan fingerprint density at radius 3 is 1.94 bits per heavy atom. The topological polar surface area (TPSA) is 72.8 Å². The van der Waals surface area contributed by atoms with Crippen LogP contribution >= 0.6 is 0 Å². The van der Waals surface area contributed by atoms with E-state index in [9.17, 15) is 14.7 Å². The third kappa shape index (κ3) is 15.0. The van der Waals surface area contributed by atoms with Gasteiger partial charge in [0.25, 0.3) is 0 Å². The average molecular weight is 449 g/mol. The van der Waals surface area contributed by atoms with Crippen LogP contribution in [0.15, 0.2) is 30.3 Å². The number of hydrogen-bond donors (Lipinski definition) is 1. The molecule has 0 aromatic heterocycles. The van der Waals surface area contributed by atoms with E-state index < -0.39 is 12.1 Å². The van der Waals surface area contributed by atoms with E-state index >= 15 is 0 Å². The molecule has 0 aliphatic carbocycles. The Bertz CT molecular complexity index is 601. The Kier molecular flexibility index (Phi) is 16.4. The minimum Gasteiger partial charge on any atom is -0.479 e. The van der Waals surface area contributed by atoms with Gasteiger partial charge in [-0.1, -0.05) is 95.0 Å². The van der Waals surface area contributed by atoms with Gasteiger partial charge in [-0.3, -0.25) is 4.79 Å². The van der Waals surface area contributed by atoms with Gasteiger partial charge in [0, 0.05) is 6.92 Å². The molecular weight excluding hydrogens is 404 g/mol. The first-order chi connectivity index (χ1) is 15.5. The van der Waals surface area contributed by atoms with Crippen LogP contribution in [-0.2, 0) is 25.7 Å². The van der Waals surface area contributed by atoms with Crippen molar-refractivity contribution in [3.05, 3.63) is 35.9 Å². The Hall–Kier alpha value is -1.88. The zero-order valence-electron chi connectivity index (χ0n) is 20.2. The highest BCUT2D eigenvalue weighted by atomic mass is 16.5. The fourth-order valence-electron chi connectivity index (χ4n) is 3.94. The van der Waals surface area contributed by atoms with E-state index in [0.717, 1.165) is 24.8 Å². The van der Waals surface area contributed by atoms with Crippen molar-refractivity contribution in [2.45, 2.75) is 123 Å². The Morgan fingerprint density at radius 1 is 0.812 bits per heavy atom. The first-order valence-electron chi connectivity index (χ1n) is 12.6. The lowest BCUT2D eigenvalue weighted by Gasteiger charge is -2.19. The van der Waals surface area contributed by atoms with Gasteiger partial charge in [-0.05, 0) is 37.7 Å². The second-order valence-electron chi connectivity index (χ2n) is 8.76. The van der Waals surface area contributed by atoms with Crippen LogP contribution in [0, 0.1) is 0 Å². The lowest BCUT2D eigenvalue weighted by molar-refractivity contribution is -0.153. The van der Waals surface area contributed by atoms with Crippen LogP contribution in [0.4, 0.5) is 0 Å². The van der Waals surface area contributed by atoms with Crippen molar-refractivity contribution >= 4 is 11.9 Å². The molecule has 32 heavy (non-hydrogen) atoms. The molecule has 0 amide bonds. The van der Waals surface area contributed by atoms with Gasteiger partial charge in [0.1, 0.15) is 6.10 Å². The van der Waals surface area contributed by atoms with E-state index in [1.165, 1.54) is 58.3 Å². The zero-order valence-corrected chi connectivity index (χ0v) is 20.2. The summed E-state index contributed by atoms with van der Waals surface area (Å²) in [7, 11) is 0. The van der Waals surface area contributed by atoms with Crippen LogP contribution in [0.1, 0.15) is 109 Å². The number of aliphatic carboxylic acids is 1. The highest BCUT2D eigenvalue weighted by Gasteiger charge is 2.20. The molecule has 2 atom stereocenters. The van der Waals surface area contributed by atoms with E-state index in [-0.39, 0.29) is 18.7 Å². The molecule has 0 fully saturated rings. The first kappa shape index (κ1) is 28.2. The van der Waals surface area contributed by atoms with Crippen molar-refractivity contribution in [3.63, 3.8) is 0 Å². The summed E-state index contributed by atoms with van der Waals surface area (Å²) >= 11 is 0. The predicted molar refractivity (Wildman–Crippen MR) is 129 cm³/mol. The van der Waals surface area contributed by atoms with Crippen LogP contribution in [0.5, 0.6) is 0 Å². The molecular formula is C27H44O5. The summed E-state index contributed by atoms with van der Waals surface area (Å²) in [6.45, 7) is 3.96. The van der Waals surface area contributed by atoms with Crippen molar-refractivity contribution in [2.24, 2.45) is 0 Å². The summed E-state index contributed by atoms with van der Waals surface area (Å²) in [5, 5.41) is 9.46. The van der Waals surface area contributed by atoms with Gasteiger partial charge in [0.2, 0.25) is 0 Å². The molecule has 0 aliphatic heterocycles. The SMILES string of the molecule is CCCCCCCCCCCCC(CCCC(OCc1ccccc1)C(=O)O)OC(C)=O. The third-order valence-electron chi connectivity index (χ3n) is 5.77. The maximum absolute atomic E-state index is 11.5. The van der Waals surface area contributed by atoms with Crippen LogP contribution in [0.25, 0.3) is 0 Å². The normalized spacial score (nSPS) is 12.9. The molecule has 1 aromatic rings. The minimum atomic E-state index is -0.945. The largest absolute Gasteiger partial charge is 0.479 e. The molecule has 0 saturated carbocycles. The Balaban J connectivity index is 2.23. The second kappa shape index (κ2) is 18.7. The number of benzene rings is 1. The van der Waals surface area contributed by atoms with Gasteiger partial charge < -0.3 is 14.6 Å².